The normalized spacial score (nSPS) is 10.2. The van der Waals surface area contributed by atoms with Crippen molar-refractivity contribution in [2.45, 2.75) is 122 Å². The second kappa shape index (κ2) is 24.2. The zero-order valence-electron chi connectivity index (χ0n) is 18.9. The molecule has 4 N–H and O–H groups in total. The first-order valence-corrected chi connectivity index (χ1v) is 11.6. The first-order chi connectivity index (χ1) is 14.8. The topological polar surface area (TPSA) is 149 Å². The fourth-order valence-electron chi connectivity index (χ4n) is 3.05. The van der Waals surface area contributed by atoms with Crippen LogP contribution < -0.4 is 0 Å². The van der Waals surface area contributed by atoms with E-state index < -0.39 is 23.9 Å². The number of aliphatic carboxylic acids is 4. The molecule has 0 bridgehead atoms. The molecule has 0 unspecified atom stereocenters. The number of hydrogen-bond donors (Lipinski definition) is 4. The molecule has 0 rings (SSSR count). The Kier molecular flexibility index (Phi) is 24.2. The highest BCUT2D eigenvalue weighted by Gasteiger charge is 1.99. The van der Waals surface area contributed by atoms with Crippen LogP contribution in [0.5, 0.6) is 0 Å². The molecule has 0 aromatic rings. The minimum atomic E-state index is -0.740. The fourth-order valence-corrected chi connectivity index (χ4v) is 3.05. The maximum Gasteiger partial charge on any atom is 0.303 e. The van der Waals surface area contributed by atoms with Gasteiger partial charge in [-0.1, -0.05) is 70.6 Å². The van der Waals surface area contributed by atoms with Crippen LogP contribution >= 0.6 is 0 Å². The van der Waals surface area contributed by atoms with Gasteiger partial charge in [0.05, 0.1) is 0 Å². The second-order valence-corrected chi connectivity index (χ2v) is 7.88. The Balaban J connectivity index is 0. The maximum absolute atomic E-state index is 10.2. The van der Waals surface area contributed by atoms with E-state index in [0.29, 0.717) is 0 Å². The first kappa shape index (κ1) is 31.1. The number of carboxylic acid groups (broad SMARTS) is 4. The highest BCUT2D eigenvalue weighted by Crippen LogP contribution is 2.11. The van der Waals surface area contributed by atoms with Crippen LogP contribution in [-0.2, 0) is 19.2 Å². The summed E-state index contributed by atoms with van der Waals surface area (Å²) in [5, 5.41) is 33.6. The van der Waals surface area contributed by atoms with Crippen LogP contribution in [0.4, 0.5) is 0 Å². The predicted molar refractivity (Wildman–Crippen MR) is 118 cm³/mol. The van der Waals surface area contributed by atoms with Crippen LogP contribution in [0.3, 0.4) is 0 Å². The van der Waals surface area contributed by atoms with Gasteiger partial charge in [-0.25, -0.2) is 0 Å². The van der Waals surface area contributed by atoms with Gasteiger partial charge in [0.15, 0.2) is 0 Å². The molecule has 0 atom stereocenters. The van der Waals surface area contributed by atoms with Crippen molar-refractivity contribution in [3.63, 3.8) is 0 Å². The van der Waals surface area contributed by atoms with Gasteiger partial charge in [-0.3, -0.25) is 19.2 Å². The average molecular weight is 447 g/mol. The number of carbonyl (C=O) groups is 4. The predicted octanol–water partition coefficient (Wildman–Crippen LogP) is 5.72. The molecule has 0 aliphatic heterocycles. The minimum Gasteiger partial charge on any atom is -0.481 e. The van der Waals surface area contributed by atoms with Crippen molar-refractivity contribution < 1.29 is 39.6 Å². The van der Waals surface area contributed by atoms with E-state index in [1.54, 1.807) is 0 Å². The number of rotatable bonds is 21. The molecule has 0 fully saturated rings. The molecule has 0 radical (unpaired) electrons. The summed E-state index contributed by atoms with van der Waals surface area (Å²) in [6.07, 6.45) is 15.7. The molecule has 0 saturated heterocycles. The van der Waals surface area contributed by atoms with Gasteiger partial charge in [0.2, 0.25) is 0 Å². The van der Waals surface area contributed by atoms with E-state index in [9.17, 15) is 19.2 Å². The third-order valence-corrected chi connectivity index (χ3v) is 4.81. The Morgan fingerprint density at radius 2 is 0.419 bits per heavy atom. The van der Waals surface area contributed by atoms with Gasteiger partial charge in [0, 0.05) is 25.7 Å². The highest BCUT2D eigenvalue weighted by atomic mass is 16.4. The summed E-state index contributed by atoms with van der Waals surface area (Å²) >= 11 is 0. The Labute approximate surface area is 186 Å². The van der Waals surface area contributed by atoms with Crippen molar-refractivity contribution >= 4 is 23.9 Å². The lowest BCUT2D eigenvalue weighted by molar-refractivity contribution is -0.138. The SMILES string of the molecule is O=C(O)CCCCCCCCC(=O)O.O=C(O)CCCCCCCCCCCC(=O)O. The van der Waals surface area contributed by atoms with E-state index in [4.69, 9.17) is 20.4 Å². The summed E-state index contributed by atoms with van der Waals surface area (Å²) in [6, 6.07) is 0. The van der Waals surface area contributed by atoms with Crippen LogP contribution in [0.15, 0.2) is 0 Å². The van der Waals surface area contributed by atoms with Gasteiger partial charge in [-0.05, 0) is 25.7 Å². The van der Waals surface area contributed by atoms with Crippen molar-refractivity contribution in [1.29, 1.82) is 0 Å². The van der Waals surface area contributed by atoms with Crippen LogP contribution in [-0.4, -0.2) is 44.3 Å². The Bertz CT molecular complexity index is 434. The molecule has 8 nitrogen and oxygen atoms in total. The summed E-state index contributed by atoms with van der Waals surface area (Å²) in [6.45, 7) is 0. The molecule has 31 heavy (non-hydrogen) atoms. The van der Waals surface area contributed by atoms with E-state index >= 15 is 0 Å². The summed E-state index contributed by atoms with van der Waals surface area (Å²) in [4.78, 5) is 40.8. The average Bonchev–Trinajstić information content (AvgIpc) is 2.67. The molecule has 0 aromatic heterocycles. The standard InChI is InChI=1S/C13H24O4.C10H18O4/c14-12(15)10-8-6-4-2-1-3-5-7-9-11-13(16)17;11-9(12)7-5-3-1-2-4-6-8-10(13)14/h1-11H2,(H,14,15)(H,16,17);1-8H2,(H,11,12)(H,13,14). The van der Waals surface area contributed by atoms with Gasteiger partial charge in [-0.2, -0.15) is 0 Å². The monoisotopic (exact) mass is 446 g/mol. The Morgan fingerprint density at radius 3 is 0.548 bits per heavy atom. The van der Waals surface area contributed by atoms with E-state index in [2.05, 4.69) is 0 Å². The molecule has 0 aliphatic carbocycles. The zero-order chi connectivity index (χ0) is 23.7. The molecule has 0 aromatic carbocycles. The zero-order valence-corrected chi connectivity index (χ0v) is 18.9. The third kappa shape index (κ3) is 35.7. The van der Waals surface area contributed by atoms with E-state index in [0.717, 1.165) is 77.0 Å². The lowest BCUT2D eigenvalue weighted by Gasteiger charge is -2.01. The molecular formula is C23H42O8. The molecular weight excluding hydrogens is 404 g/mol. The van der Waals surface area contributed by atoms with Crippen molar-refractivity contribution in [2.24, 2.45) is 0 Å². The van der Waals surface area contributed by atoms with Gasteiger partial charge < -0.3 is 20.4 Å². The molecule has 0 spiro atoms. The van der Waals surface area contributed by atoms with Gasteiger partial charge in [-0.15, -0.1) is 0 Å². The van der Waals surface area contributed by atoms with Crippen molar-refractivity contribution in [3.05, 3.63) is 0 Å². The van der Waals surface area contributed by atoms with Crippen molar-refractivity contribution in [2.75, 3.05) is 0 Å². The summed E-state index contributed by atoms with van der Waals surface area (Å²) in [7, 11) is 0. The number of unbranched alkanes of at least 4 members (excludes halogenated alkanes) is 13. The van der Waals surface area contributed by atoms with E-state index in [-0.39, 0.29) is 25.7 Å². The summed E-state index contributed by atoms with van der Waals surface area (Å²) in [5.74, 6) is -2.89. The van der Waals surface area contributed by atoms with Crippen LogP contribution in [0.1, 0.15) is 122 Å². The fraction of sp³-hybridized carbons (Fsp3) is 0.826. The van der Waals surface area contributed by atoms with Crippen molar-refractivity contribution in [1.82, 2.24) is 0 Å². The summed E-state index contributed by atoms with van der Waals surface area (Å²) in [5.41, 5.74) is 0. The minimum absolute atomic E-state index is 0.245. The quantitative estimate of drug-likeness (QED) is 0.163. The molecule has 8 heteroatoms. The van der Waals surface area contributed by atoms with Crippen molar-refractivity contribution in [3.8, 4) is 0 Å². The van der Waals surface area contributed by atoms with Gasteiger partial charge >= 0.3 is 23.9 Å². The van der Waals surface area contributed by atoms with Crippen LogP contribution in [0.25, 0.3) is 0 Å². The smallest absolute Gasteiger partial charge is 0.303 e. The maximum atomic E-state index is 10.2. The number of hydrogen-bond acceptors (Lipinski definition) is 4. The lowest BCUT2D eigenvalue weighted by Crippen LogP contribution is -1.94. The first-order valence-electron chi connectivity index (χ1n) is 11.6. The lowest BCUT2D eigenvalue weighted by atomic mass is 10.1. The summed E-state index contributed by atoms with van der Waals surface area (Å²) < 4.78 is 0. The molecule has 0 aliphatic rings. The van der Waals surface area contributed by atoms with Gasteiger partial charge in [0.1, 0.15) is 0 Å². The van der Waals surface area contributed by atoms with Gasteiger partial charge in [0.25, 0.3) is 0 Å². The van der Waals surface area contributed by atoms with Crippen LogP contribution in [0.2, 0.25) is 0 Å². The van der Waals surface area contributed by atoms with E-state index in [1.165, 1.54) is 19.3 Å². The molecule has 0 saturated carbocycles. The Morgan fingerprint density at radius 1 is 0.290 bits per heavy atom. The largest absolute Gasteiger partial charge is 0.481 e. The molecule has 182 valence electrons. The number of carboxylic acids is 4. The van der Waals surface area contributed by atoms with E-state index in [1.807, 2.05) is 0 Å². The molecule has 0 heterocycles. The Hall–Kier alpha value is -2.12. The second-order valence-electron chi connectivity index (χ2n) is 7.88. The third-order valence-electron chi connectivity index (χ3n) is 4.81. The van der Waals surface area contributed by atoms with Crippen LogP contribution in [0, 0.1) is 0 Å². The molecule has 0 amide bonds. The highest BCUT2D eigenvalue weighted by molar-refractivity contribution is 5.67.